The minimum absolute atomic E-state index is 0.00710. The highest BCUT2D eigenvalue weighted by atomic mass is 16.2. The first-order chi connectivity index (χ1) is 11.2. The van der Waals surface area contributed by atoms with Gasteiger partial charge in [-0.15, -0.1) is 0 Å². The lowest BCUT2D eigenvalue weighted by molar-refractivity contribution is -0.135. The second-order valence-electron chi connectivity index (χ2n) is 6.53. The molecule has 0 bridgehead atoms. The van der Waals surface area contributed by atoms with Gasteiger partial charge in [0.2, 0.25) is 5.91 Å². The Morgan fingerprint density at radius 1 is 1.22 bits per heavy atom. The fourth-order valence-corrected chi connectivity index (χ4v) is 3.33. The number of likely N-dealkylation sites (tertiary alicyclic amines) is 1. The average Bonchev–Trinajstić information content (AvgIpc) is 2.60. The van der Waals surface area contributed by atoms with Crippen LogP contribution in [0.3, 0.4) is 0 Å². The molecule has 1 fully saturated rings. The van der Waals surface area contributed by atoms with E-state index in [9.17, 15) is 10.1 Å². The van der Waals surface area contributed by atoms with Gasteiger partial charge >= 0.3 is 0 Å². The Balaban J connectivity index is 1.79. The number of nitriles is 1. The van der Waals surface area contributed by atoms with Gasteiger partial charge in [-0.2, -0.15) is 5.26 Å². The van der Waals surface area contributed by atoms with Gasteiger partial charge in [0.15, 0.2) is 0 Å². The van der Waals surface area contributed by atoms with Crippen LogP contribution < -0.4 is 0 Å². The maximum atomic E-state index is 12.7. The number of carbonyl (C=O) groups excluding carboxylic acids is 1. The Morgan fingerprint density at radius 3 is 2.65 bits per heavy atom. The van der Waals surface area contributed by atoms with Crippen LogP contribution in [0.25, 0.3) is 10.8 Å². The topological polar surface area (TPSA) is 44.1 Å². The van der Waals surface area contributed by atoms with Crippen molar-refractivity contribution in [2.45, 2.75) is 26.2 Å². The summed E-state index contributed by atoms with van der Waals surface area (Å²) < 4.78 is 0. The van der Waals surface area contributed by atoms with Crippen molar-refractivity contribution in [2.75, 3.05) is 13.1 Å². The van der Waals surface area contributed by atoms with E-state index >= 15 is 0 Å². The van der Waals surface area contributed by atoms with Gasteiger partial charge in [0.1, 0.15) is 5.92 Å². The summed E-state index contributed by atoms with van der Waals surface area (Å²) in [5.41, 5.74) is 1.08. The molecule has 118 valence electrons. The lowest BCUT2D eigenvalue weighted by Crippen LogP contribution is -2.41. The molecule has 0 N–H and O–H groups in total. The van der Waals surface area contributed by atoms with Crippen LogP contribution >= 0.6 is 0 Å². The lowest BCUT2D eigenvalue weighted by atomic mass is 9.93. The minimum atomic E-state index is -0.589. The number of carbonyl (C=O) groups is 1. The van der Waals surface area contributed by atoms with E-state index in [2.05, 4.69) is 31.2 Å². The highest BCUT2D eigenvalue weighted by molar-refractivity contribution is 5.87. The monoisotopic (exact) mass is 306 g/mol. The van der Waals surface area contributed by atoms with Gasteiger partial charge in [-0.3, -0.25) is 4.79 Å². The molecule has 1 aliphatic heterocycles. The zero-order chi connectivity index (χ0) is 16.2. The van der Waals surface area contributed by atoms with Crippen LogP contribution in [0.4, 0.5) is 0 Å². The molecule has 0 radical (unpaired) electrons. The molecule has 1 aliphatic rings. The molecule has 1 atom stereocenters. The minimum Gasteiger partial charge on any atom is -0.342 e. The zero-order valence-electron chi connectivity index (χ0n) is 13.5. The zero-order valence-corrected chi connectivity index (χ0v) is 13.5. The van der Waals surface area contributed by atoms with Crippen LogP contribution in [0.15, 0.2) is 42.5 Å². The molecule has 1 amide bonds. The molecule has 1 saturated heterocycles. The molecule has 1 unspecified atom stereocenters. The SMILES string of the molecule is CC1CCN(C(=O)C(C#N)Cc2cccc3ccccc23)CC1. The van der Waals surface area contributed by atoms with Crippen molar-refractivity contribution in [2.24, 2.45) is 11.8 Å². The molecule has 3 heteroatoms. The highest BCUT2D eigenvalue weighted by Crippen LogP contribution is 2.23. The quantitative estimate of drug-likeness (QED) is 0.866. The maximum Gasteiger partial charge on any atom is 0.240 e. The third kappa shape index (κ3) is 3.37. The molecule has 3 rings (SSSR count). The summed E-state index contributed by atoms with van der Waals surface area (Å²) in [5.74, 6) is 0.0826. The van der Waals surface area contributed by atoms with Crippen LogP contribution in [-0.4, -0.2) is 23.9 Å². The van der Waals surface area contributed by atoms with Crippen molar-refractivity contribution in [1.29, 1.82) is 5.26 Å². The van der Waals surface area contributed by atoms with Gasteiger partial charge in [0.25, 0.3) is 0 Å². The summed E-state index contributed by atoms with van der Waals surface area (Å²) in [6, 6.07) is 16.5. The van der Waals surface area contributed by atoms with E-state index in [-0.39, 0.29) is 5.91 Å². The van der Waals surface area contributed by atoms with Crippen molar-refractivity contribution < 1.29 is 4.79 Å². The van der Waals surface area contributed by atoms with E-state index in [1.807, 2.05) is 29.2 Å². The van der Waals surface area contributed by atoms with Crippen molar-refractivity contribution >= 4 is 16.7 Å². The lowest BCUT2D eigenvalue weighted by Gasteiger charge is -2.31. The first-order valence-corrected chi connectivity index (χ1v) is 8.34. The number of fused-ring (bicyclic) bond motifs is 1. The highest BCUT2D eigenvalue weighted by Gasteiger charge is 2.27. The molecule has 2 aromatic rings. The number of hydrogen-bond donors (Lipinski definition) is 0. The Bertz CT molecular complexity index is 733. The molecule has 0 spiro atoms. The molecular weight excluding hydrogens is 284 g/mol. The van der Waals surface area contributed by atoms with E-state index in [4.69, 9.17) is 0 Å². The maximum absolute atomic E-state index is 12.7. The van der Waals surface area contributed by atoms with Crippen LogP contribution in [-0.2, 0) is 11.2 Å². The number of amides is 1. The molecule has 0 saturated carbocycles. The average molecular weight is 306 g/mol. The summed E-state index contributed by atoms with van der Waals surface area (Å²) in [5, 5.41) is 11.8. The number of benzene rings is 2. The summed E-state index contributed by atoms with van der Waals surface area (Å²) in [6.45, 7) is 3.79. The van der Waals surface area contributed by atoms with E-state index in [1.54, 1.807) is 0 Å². The molecular formula is C20H22N2O. The second kappa shape index (κ2) is 6.83. The molecule has 0 aliphatic carbocycles. The molecule has 23 heavy (non-hydrogen) atoms. The van der Waals surface area contributed by atoms with Crippen molar-refractivity contribution in [3.05, 3.63) is 48.0 Å². The van der Waals surface area contributed by atoms with Crippen LogP contribution in [0.1, 0.15) is 25.3 Å². The Kier molecular flexibility index (Phi) is 4.62. The fourth-order valence-electron chi connectivity index (χ4n) is 3.33. The Hall–Kier alpha value is -2.34. The van der Waals surface area contributed by atoms with Gasteiger partial charge in [-0.25, -0.2) is 0 Å². The number of hydrogen-bond acceptors (Lipinski definition) is 2. The van der Waals surface area contributed by atoms with E-state index in [0.29, 0.717) is 12.3 Å². The summed E-state index contributed by atoms with van der Waals surface area (Å²) in [4.78, 5) is 14.6. The summed E-state index contributed by atoms with van der Waals surface area (Å²) in [7, 11) is 0. The number of piperidine rings is 1. The number of nitrogens with zero attached hydrogens (tertiary/aromatic N) is 2. The van der Waals surface area contributed by atoms with Gasteiger partial charge in [0, 0.05) is 13.1 Å². The summed E-state index contributed by atoms with van der Waals surface area (Å²) in [6.07, 6.45) is 2.57. The van der Waals surface area contributed by atoms with Gasteiger partial charge in [0.05, 0.1) is 6.07 Å². The number of rotatable bonds is 3. The normalized spacial score (nSPS) is 17.0. The molecule has 0 aromatic heterocycles. The van der Waals surface area contributed by atoms with E-state index < -0.39 is 5.92 Å². The Morgan fingerprint density at radius 2 is 1.91 bits per heavy atom. The predicted molar refractivity (Wildman–Crippen MR) is 91.7 cm³/mol. The Labute approximate surface area is 137 Å². The first kappa shape index (κ1) is 15.6. The smallest absolute Gasteiger partial charge is 0.240 e. The predicted octanol–water partition coefficient (Wildman–Crippen LogP) is 3.78. The first-order valence-electron chi connectivity index (χ1n) is 8.34. The molecule has 1 heterocycles. The van der Waals surface area contributed by atoms with Crippen molar-refractivity contribution in [3.8, 4) is 6.07 Å². The van der Waals surface area contributed by atoms with Crippen molar-refractivity contribution in [3.63, 3.8) is 0 Å². The van der Waals surface area contributed by atoms with Crippen LogP contribution in [0.2, 0.25) is 0 Å². The third-order valence-electron chi connectivity index (χ3n) is 4.85. The van der Waals surface area contributed by atoms with Gasteiger partial charge in [-0.1, -0.05) is 49.4 Å². The van der Waals surface area contributed by atoms with E-state index in [1.165, 1.54) is 0 Å². The molecule has 3 nitrogen and oxygen atoms in total. The van der Waals surface area contributed by atoms with Crippen LogP contribution in [0.5, 0.6) is 0 Å². The van der Waals surface area contributed by atoms with Gasteiger partial charge < -0.3 is 4.90 Å². The van der Waals surface area contributed by atoms with E-state index in [0.717, 1.165) is 42.3 Å². The standard InChI is InChI=1S/C20H22N2O/c1-15-9-11-22(12-10-15)20(23)18(14-21)13-17-7-4-6-16-5-2-3-8-19(16)17/h2-8,15,18H,9-13H2,1H3. The third-order valence-corrected chi connectivity index (χ3v) is 4.85. The molecule has 2 aromatic carbocycles. The van der Waals surface area contributed by atoms with Crippen molar-refractivity contribution in [1.82, 2.24) is 4.90 Å². The van der Waals surface area contributed by atoms with Crippen LogP contribution in [0, 0.1) is 23.2 Å². The fraction of sp³-hybridized carbons (Fsp3) is 0.400. The van der Waals surface area contributed by atoms with Gasteiger partial charge in [-0.05, 0) is 41.5 Å². The largest absolute Gasteiger partial charge is 0.342 e. The second-order valence-corrected chi connectivity index (χ2v) is 6.53. The summed E-state index contributed by atoms with van der Waals surface area (Å²) >= 11 is 0.